The highest BCUT2D eigenvalue weighted by atomic mass is 32.9. The maximum absolute atomic E-state index is 5.37. The number of rotatable bonds is 4. The van der Waals surface area contributed by atoms with Crippen LogP contribution in [0.2, 0.25) is 0 Å². The standard InChI is InChI=1S/C16H16N2O3S2/c1-9-5-10(8-14-15(9)18-23-22-14)17-11-6-12(19-2)16(21-4)13(7-11)20-3/h5-8H,1-4H3/b17-10-. The van der Waals surface area contributed by atoms with Crippen LogP contribution >= 0.6 is 20.9 Å². The second-order valence-corrected chi connectivity index (χ2v) is 6.74. The van der Waals surface area contributed by atoms with Crippen molar-refractivity contribution >= 4 is 26.6 Å². The number of ether oxygens (including phenoxy) is 3. The van der Waals surface area contributed by atoms with E-state index in [0.29, 0.717) is 17.2 Å². The van der Waals surface area contributed by atoms with Crippen LogP contribution in [0.15, 0.2) is 29.3 Å². The van der Waals surface area contributed by atoms with E-state index in [1.54, 1.807) is 31.7 Å². The largest absolute Gasteiger partial charge is 0.493 e. The summed E-state index contributed by atoms with van der Waals surface area (Å²) in [6.07, 6.45) is 0. The fourth-order valence-electron chi connectivity index (χ4n) is 2.35. The van der Waals surface area contributed by atoms with Gasteiger partial charge in [-0.2, -0.15) is 4.37 Å². The summed E-state index contributed by atoms with van der Waals surface area (Å²) in [4.78, 5) is 5.83. The van der Waals surface area contributed by atoms with Gasteiger partial charge in [-0.15, -0.1) is 0 Å². The molecule has 1 aliphatic carbocycles. The number of nitrogens with zero attached hydrogens (tertiary/aromatic N) is 2. The van der Waals surface area contributed by atoms with Crippen LogP contribution in [0.3, 0.4) is 0 Å². The Labute approximate surface area is 141 Å². The fourth-order valence-corrected chi connectivity index (χ4v) is 4.25. The molecule has 120 valence electrons. The lowest BCUT2D eigenvalue weighted by Gasteiger charge is -2.12. The summed E-state index contributed by atoms with van der Waals surface area (Å²) < 4.78 is 20.5. The van der Waals surface area contributed by atoms with E-state index < -0.39 is 0 Å². The molecule has 0 aromatic heterocycles. The van der Waals surface area contributed by atoms with Gasteiger partial charge in [0.25, 0.3) is 0 Å². The van der Waals surface area contributed by atoms with Gasteiger partial charge in [0, 0.05) is 22.7 Å². The predicted octanol–water partition coefficient (Wildman–Crippen LogP) is 3.88. The summed E-state index contributed by atoms with van der Waals surface area (Å²) in [5.41, 5.74) is 2.90. The van der Waals surface area contributed by atoms with Crippen molar-refractivity contribution in [3.8, 4) is 27.8 Å². The smallest absolute Gasteiger partial charge is 0.203 e. The number of hydrogen-bond donors (Lipinski definition) is 0. The number of hydrogen-bond acceptors (Lipinski definition) is 7. The molecule has 0 radical (unpaired) electrons. The van der Waals surface area contributed by atoms with Gasteiger partial charge in [0.05, 0.1) is 42.9 Å². The average molecular weight is 348 g/mol. The number of methoxy groups -OCH3 is 3. The first kappa shape index (κ1) is 15.8. The van der Waals surface area contributed by atoms with Gasteiger partial charge in [0.1, 0.15) is 0 Å². The van der Waals surface area contributed by atoms with Gasteiger partial charge in [0.15, 0.2) is 11.5 Å². The maximum Gasteiger partial charge on any atom is 0.203 e. The zero-order valence-electron chi connectivity index (χ0n) is 13.2. The Balaban J connectivity index is 2.16. The van der Waals surface area contributed by atoms with Crippen molar-refractivity contribution in [2.45, 2.75) is 6.92 Å². The van der Waals surface area contributed by atoms with Crippen molar-refractivity contribution in [3.05, 3.63) is 35.2 Å². The maximum atomic E-state index is 5.37. The molecule has 3 rings (SSSR count). The SMILES string of the molecule is COc1cc(/N=c2\cc3ssnc-3c(C)c2)cc(OC)c1OC. The Morgan fingerprint density at radius 3 is 2.26 bits per heavy atom. The zero-order chi connectivity index (χ0) is 16.4. The summed E-state index contributed by atoms with van der Waals surface area (Å²) >= 11 is 0. The summed E-state index contributed by atoms with van der Waals surface area (Å²) in [6.45, 7) is 2.04. The van der Waals surface area contributed by atoms with E-state index in [9.17, 15) is 0 Å². The van der Waals surface area contributed by atoms with Crippen LogP contribution in [-0.2, 0) is 0 Å². The van der Waals surface area contributed by atoms with Crippen molar-refractivity contribution in [1.29, 1.82) is 0 Å². The van der Waals surface area contributed by atoms with E-state index in [2.05, 4.69) is 4.37 Å². The molecule has 0 amide bonds. The molecule has 0 fully saturated rings. The van der Waals surface area contributed by atoms with E-state index in [4.69, 9.17) is 19.2 Å². The summed E-state index contributed by atoms with van der Waals surface area (Å²) in [5.74, 6) is 1.73. The molecule has 1 aromatic rings. The highest BCUT2D eigenvalue weighted by molar-refractivity contribution is 7.68. The summed E-state index contributed by atoms with van der Waals surface area (Å²) in [7, 11) is 7.91. The molecule has 5 nitrogen and oxygen atoms in total. The van der Waals surface area contributed by atoms with Crippen molar-refractivity contribution in [2.75, 3.05) is 21.3 Å². The number of fused-ring (bicyclic) bond motifs is 1. The Morgan fingerprint density at radius 1 is 0.957 bits per heavy atom. The van der Waals surface area contributed by atoms with Crippen LogP contribution in [0.1, 0.15) is 5.56 Å². The van der Waals surface area contributed by atoms with E-state index in [1.807, 2.05) is 31.2 Å². The molecule has 0 atom stereocenters. The Kier molecular flexibility index (Phi) is 4.49. The van der Waals surface area contributed by atoms with E-state index in [1.165, 1.54) is 10.5 Å². The van der Waals surface area contributed by atoms with Gasteiger partial charge in [-0.25, -0.2) is 4.99 Å². The van der Waals surface area contributed by atoms with Crippen LogP contribution in [0, 0.1) is 6.92 Å². The Hall–Kier alpha value is -2.12. The summed E-state index contributed by atoms with van der Waals surface area (Å²) in [5, 5.41) is 0.876. The fraction of sp³-hybridized carbons (Fsp3) is 0.250. The molecular weight excluding hydrogens is 332 g/mol. The van der Waals surface area contributed by atoms with E-state index in [0.717, 1.165) is 27.2 Å². The van der Waals surface area contributed by atoms with Crippen molar-refractivity contribution in [2.24, 2.45) is 4.99 Å². The first-order chi connectivity index (χ1) is 11.2. The Bertz CT molecular complexity index is 845. The second kappa shape index (κ2) is 6.55. The summed E-state index contributed by atoms with van der Waals surface area (Å²) in [6, 6.07) is 7.73. The lowest BCUT2D eigenvalue weighted by Crippen LogP contribution is -2.02. The Morgan fingerprint density at radius 2 is 1.65 bits per heavy atom. The molecule has 23 heavy (non-hydrogen) atoms. The molecule has 0 saturated carbocycles. The average Bonchev–Trinajstić information content (AvgIpc) is 3.02. The van der Waals surface area contributed by atoms with Gasteiger partial charge >= 0.3 is 0 Å². The van der Waals surface area contributed by atoms with Crippen LogP contribution < -0.4 is 19.6 Å². The lowest BCUT2D eigenvalue weighted by molar-refractivity contribution is 0.324. The van der Waals surface area contributed by atoms with Crippen LogP contribution in [0.25, 0.3) is 10.6 Å². The minimum atomic E-state index is 0.560. The van der Waals surface area contributed by atoms with Crippen LogP contribution in [-0.4, -0.2) is 25.7 Å². The molecule has 1 heterocycles. The molecule has 0 saturated heterocycles. The van der Waals surface area contributed by atoms with Crippen LogP contribution in [0.4, 0.5) is 5.69 Å². The third-order valence-electron chi connectivity index (χ3n) is 3.41. The third-order valence-corrected chi connectivity index (χ3v) is 5.22. The minimum absolute atomic E-state index is 0.560. The quantitative estimate of drug-likeness (QED) is 0.672. The van der Waals surface area contributed by atoms with Gasteiger partial charge in [-0.3, -0.25) is 0 Å². The minimum Gasteiger partial charge on any atom is -0.493 e. The molecule has 2 aliphatic rings. The van der Waals surface area contributed by atoms with Gasteiger partial charge < -0.3 is 14.2 Å². The van der Waals surface area contributed by atoms with Gasteiger partial charge in [-0.05, 0) is 24.6 Å². The van der Waals surface area contributed by atoms with Crippen molar-refractivity contribution in [1.82, 2.24) is 4.37 Å². The topological polar surface area (TPSA) is 52.9 Å². The highest BCUT2D eigenvalue weighted by Gasteiger charge is 2.13. The zero-order valence-corrected chi connectivity index (χ0v) is 14.9. The predicted molar refractivity (Wildman–Crippen MR) is 92.7 cm³/mol. The monoisotopic (exact) mass is 348 g/mol. The first-order valence-electron chi connectivity index (χ1n) is 6.87. The molecule has 0 bridgehead atoms. The highest BCUT2D eigenvalue weighted by Crippen LogP contribution is 2.40. The normalized spacial score (nSPS) is 11.7. The van der Waals surface area contributed by atoms with E-state index in [-0.39, 0.29) is 0 Å². The second-order valence-electron chi connectivity index (χ2n) is 4.85. The lowest BCUT2D eigenvalue weighted by atomic mass is 10.1. The van der Waals surface area contributed by atoms with Crippen molar-refractivity contribution in [3.63, 3.8) is 0 Å². The van der Waals surface area contributed by atoms with Crippen molar-refractivity contribution < 1.29 is 14.2 Å². The molecule has 1 aliphatic heterocycles. The molecule has 1 aromatic carbocycles. The molecule has 0 N–H and O–H groups in total. The van der Waals surface area contributed by atoms with Gasteiger partial charge in [0.2, 0.25) is 5.75 Å². The molecular formula is C16H16N2O3S2. The third kappa shape index (κ3) is 3.02. The first-order valence-corrected chi connectivity index (χ1v) is 8.98. The number of benzene rings is 2. The molecule has 0 spiro atoms. The molecule has 7 heteroatoms. The number of aromatic nitrogens is 1. The van der Waals surface area contributed by atoms with Gasteiger partial charge in [-0.1, -0.05) is 10.3 Å². The van der Waals surface area contributed by atoms with E-state index >= 15 is 0 Å². The van der Waals surface area contributed by atoms with Crippen LogP contribution in [0.5, 0.6) is 17.2 Å². The molecule has 0 unspecified atom stereocenters. The number of aryl methyl sites for hydroxylation is 1.